The van der Waals surface area contributed by atoms with E-state index < -0.39 is 12.0 Å². The molecule has 1 amide bonds. The first-order valence-corrected chi connectivity index (χ1v) is 6.51. The van der Waals surface area contributed by atoms with Crippen molar-refractivity contribution in [2.45, 2.75) is 12.5 Å². The van der Waals surface area contributed by atoms with Crippen LogP contribution in [0, 0.1) is 0 Å². The molecular weight excluding hydrogens is 284 g/mol. The molecule has 0 radical (unpaired) electrons. The molecule has 0 bridgehead atoms. The van der Waals surface area contributed by atoms with Crippen molar-refractivity contribution < 1.29 is 19.4 Å². The van der Waals surface area contributed by atoms with Crippen LogP contribution in [0.15, 0.2) is 18.2 Å². The number of anilines is 1. The van der Waals surface area contributed by atoms with Gasteiger partial charge in [0.25, 0.3) is 5.91 Å². The van der Waals surface area contributed by atoms with Crippen molar-refractivity contribution >= 4 is 29.2 Å². The molecule has 6 nitrogen and oxygen atoms in total. The van der Waals surface area contributed by atoms with E-state index >= 15 is 0 Å². The standard InChI is InChI=1S/C13H15ClN2O4/c14-9-3-8(4-10(15)5-9)13(19)16-1-2-20-7-11(16)6-12(17)18/h3-5,11H,1-2,6-7,15H2,(H,17,18). The smallest absolute Gasteiger partial charge is 0.305 e. The third-order valence-corrected chi connectivity index (χ3v) is 3.28. The third-order valence-electron chi connectivity index (χ3n) is 3.07. The van der Waals surface area contributed by atoms with Crippen LogP contribution in [0.1, 0.15) is 16.8 Å². The van der Waals surface area contributed by atoms with Crippen molar-refractivity contribution in [3.63, 3.8) is 0 Å². The molecule has 0 spiro atoms. The normalized spacial score (nSPS) is 18.9. The molecule has 2 rings (SSSR count). The van der Waals surface area contributed by atoms with Crippen LogP contribution in [0.4, 0.5) is 5.69 Å². The van der Waals surface area contributed by atoms with Crippen molar-refractivity contribution in [2.24, 2.45) is 0 Å². The molecule has 1 atom stereocenters. The maximum absolute atomic E-state index is 12.5. The first-order chi connectivity index (χ1) is 9.47. The van der Waals surface area contributed by atoms with Crippen molar-refractivity contribution in [1.29, 1.82) is 0 Å². The van der Waals surface area contributed by atoms with Crippen molar-refractivity contribution in [3.8, 4) is 0 Å². The number of carbonyl (C=O) groups excluding carboxylic acids is 1. The Labute approximate surface area is 121 Å². The predicted molar refractivity (Wildman–Crippen MR) is 73.8 cm³/mol. The second-order valence-corrected chi connectivity index (χ2v) is 5.03. The van der Waals surface area contributed by atoms with Gasteiger partial charge in [-0.25, -0.2) is 0 Å². The minimum atomic E-state index is -0.969. The summed E-state index contributed by atoms with van der Waals surface area (Å²) in [6, 6.07) is 4.12. The van der Waals surface area contributed by atoms with E-state index in [-0.39, 0.29) is 18.9 Å². The van der Waals surface area contributed by atoms with Crippen LogP contribution in [-0.2, 0) is 9.53 Å². The maximum atomic E-state index is 12.5. The van der Waals surface area contributed by atoms with Crippen LogP contribution < -0.4 is 5.73 Å². The lowest BCUT2D eigenvalue weighted by molar-refractivity contribution is -0.139. The van der Waals surface area contributed by atoms with E-state index in [1.54, 1.807) is 6.07 Å². The largest absolute Gasteiger partial charge is 0.481 e. The third kappa shape index (κ3) is 3.40. The van der Waals surface area contributed by atoms with Gasteiger partial charge in [-0.2, -0.15) is 0 Å². The van der Waals surface area contributed by atoms with Gasteiger partial charge in [-0.15, -0.1) is 0 Å². The Balaban J connectivity index is 2.22. The van der Waals surface area contributed by atoms with Gasteiger partial charge < -0.3 is 20.5 Å². The summed E-state index contributed by atoms with van der Waals surface area (Å²) < 4.78 is 5.24. The quantitative estimate of drug-likeness (QED) is 0.819. The number of benzene rings is 1. The second-order valence-electron chi connectivity index (χ2n) is 4.60. The number of ether oxygens (including phenoxy) is 1. The van der Waals surface area contributed by atoms with Crippen LogP contribution in [0.5, 0.6) is 0 Å². The highest BCUT2D eigenvalue weighted by molar-refractivity contribution is 6.31. The Morgan fingerprint density at radius 1 is 1.45 bits per heavy atom. The van der Waals surface area contributed by atoms with Crippen LogP contribution >= 0.6 is 11.6 Å². The summed E-state index contributed by atoms with van der Waals surface area (Å²) in [7, 11) is 0. The number of rotatable bonds is 3. The van der Waals surface area contributed by atoms with Gasteiger partial charge in [0.05, 0.1) is 25.7 Å². The number of hydrogen-bond donors (Lipinski definition) is 2. The summed E-state index contributed by atoms with van der Waals surface area (Å²) in [6.07, 6.45) is -0.151. The molecule has 1 fully saturated rings. The number of amides is 1. The monoisotopic (exact) mass is 298 g/mol. The Kier molecular flexibility index (Phi) is 4.46. The minimum absolute atomic E-state index is 0.151. The van der Waals surface area contributed by atoms with E-state index in [0.717, 1.165) is 0 Å². The summed E-state index contributed by atoms with van der Waals surface area (Å²) in [5.74, 6) is -1.25. The highest BCUT2D eigenvalue weighted by Crippen LogP contribution is 2.20. The highest BCUT2D eigenvalue weighted by Gasteiger charge is 2.30. The van der Waals surface area contributed by atoms with Crippen LogP contribution in [0.25, 0.3) is 0 Å². The van der Waals surface area contributed by atoms with Crippen molar-refractivity contribution in [3.05, 3.63) is 28.8 Å². The molecule has 20 heavy (non-hydrogen) atoms. The Hall–Kier alpha value is -1.79. The summed E-state index contributed by atoms with van der Waals surface area (Å²) >= 11 is 5.88. The van der Waals surface area contributed by atoms with E-state index in [1.807, 2.05) is 0 Å². The van der Waals surface area contributed by atoms with Crippen molar-refractivity contribution in [1.82, 2.24) is 4.90 Å². The van der Waals surface area contributed by atoms with E-state index in [0.29, 0.717) is 29.4 Å². The Bertz CT molecular complexity index is 515. The summed E-state index contributed by atoms with van der Waals surface area (Å²) in [5, 5.41) is 9.26. The number of nitrogens with zero attached hydrogens (tertiary/aromatic N) is 1. The number of carboxylic acid groups (broad SMARTS) is 1. The number of nitrogens with two attached hydrogens (primary N) is 1. The van der Waals surface area contributed by atoms with Gasteiger partial charge in [0.15, 0.2) is 0 Å². The zero-order valence-corrected chi connectivity index (χ0v) is 11.5. The van der Waals surface area contributed by atoms with Gasteiger partial charge in [-0.05, 0) is 18.2 Å². The zero-order chi connectivity index (χ0) is 14.7. The minimum Gasteiger partial charge on any atom is -0.481 e. The SMILES string of the molecule is Nc1cc(Cl)cc(C(=O)N2CCOCC2CC(=O)O)c1. The summed E-state index contributed by atoms with van der Waals surface area (Å²) in [5.41, 5.74) is 6.41. The fourth-order valence-corrected chi connectivity index (χ4v) is 2.44. The Morgan fingerprint density at radius 2 is 2.20 bits per heavy atom. The lowest BCUT2D eigenvalue weighted by Crippen LogP contribution is -2.49. The molecule has 1 aromatic rings. The second kappa shape index (κ2) is 6.11. The zero-order valence-electron chi connectivity index (χ0n) is 10.7. The molecule has 7 heteroatoms. The average Bonchev–Trinajstić information content (AvgIpc) is 2.36. The molecule has 108 valence electrons. The van der Waals surface area contributed by atoms with E-state index in [9.17, 15) is 9.59 Å². The van der Waals surface area contributed by atoms with Crippen LogP contribution in [0.3, 0.4) is 0 Å². The number of morpholine rings is 1. The van der Waals surface area contributed by atoms with Crippen LogP contribution in [0.2, 0.25) is 5.02 Å². The molecule has 1 saturated heterocycles. The van der Waals surface area contributed by atoms with Crippen molar-refractivity contribution in [2.75, 3.05) is 25.5 Å². The van der Waals surface area contributed by atoms with Gasteiger partial charge in [0, 0.05) is 22.8 Å². The van der Waals surface area contributed by atoms with E-state index in [1.165, 1.54) is 17.0 Å². The molecule has 0 saturated carbocycles. The molecule has 1 aliphatic rings. The van der Waals surface area contributed by atoms with Crippen LogP contribution in [-0.4, -0.2) is 47.7 Å². The van der Waals surface area contributed by atoms with Gasteiger partial charge in [-0.3, -0.25) is 9.59 Å². The molecule has 1 heterocycles. The molecule has 1 aromatic carbocycles. The molecule has 0 aromatic heterocycles. The number of aliphatic carboxylic acids is 1. The molecule has 1 unspecified atom stereocenters. The fraction of sp³-hybridized carbons (Fsp3) is 0.385. The number of carboxylic acids is 1. The van der Waals surface area contributed by atoms with Gasteiger partial charge >= 0.3 is 5.97 Å². The first-order valence-electron chi connectivity index (χ1n) is 6.14. The highest BCUT2D eigenvalue weighted by atomic mass is 35.5. The average molecular weight is 299 g/mol. The topological polar surface area (TPSA) is 92.9 Å². The fourth-order valence-electron chi connectivity index (χ4n) is 2.19. The molecule has 0 aliphatic carbocycles. The van der Waals surface area contributed by atoms with Gasteiger partial charge in [0.1, 0.15) is 0 Å². The molecule has 3 N–H and O–H groups in total. The Morgan fingerprint density at radius 3 is 2.85 bits per heavy atom. The summed E-state index contributed by atoms with van der Waals surface area (Å²) in [4.78, 5) is 24.8. The maximum Gasteiger partial charge on any atom is 0.305 e. The molecular formula is C13H15ClN2O4. The van der Waals surface area contributed by atoms with Gasteiger partial charge in [-0.1, -0.05) is 11.6 Å². The first kappa shape index (κ1) is 14.6. The number of hydrogen-bond acceptors (Lipinski definition) is 4. The number of halogens is 1. The van der Waals surface area contributed by atoms with E-state index in [4.69, 9.17) is 27.2 Å². The predicted octanol–water partition coefficient (Wildman–Crippen LogP) is 1.24. The lowest BCUT2D eigenvalue weighted by Gasteiger charge is -2.35. The lowest BCUT2D eigenvalue weighted by atomic mass is 10.1. The molecule has 1 aliphatic heterocycles. The van der Waals surface area contributed by atoms with E-state index in [2.05, 4.69) is 0 Å². The summed E-state index contributed by atoms with van der Waals surface area (Å²) in [6.45, 7) is 0.954. The number of carbonyl (C=O) groups is 2. The van der Waals surface area contributed by atoms with Gasteiger partial charge in [0.2, 0.25) is 0 Å². The number of nitrogen functional groups attached to an aromatic ring is 1.